The molecule has 1 rings (SSSR count). The Morgan fingerprint density at radius 3 is 2.48 bits per heavy atom. The van der Waals surface area contributed by atoms with Crippen LogP contribution < -0.4 is 5.32 Å². The van der Waals surface area contributed by atoms with Gasteiger partial charge in [-0.15, -0.1) is 0 Å². The van der Waals surface area contributed by atoms with Gasteiger partial charge < -0.3 is 14.8 Å². The van der Waals surface area contributed by atoms with Crippen LogP contribution in [0.5, 0.6) is 0 Å². The van der Waals surface area contributed by atoms with E-state index >= 15 is 0 Å². The van der Waals surface area contributed by atoms with Crippen molar-refractivity contribution in [2.24, 2.45) is 0 Å². The van der Waals surface area contributed by atoms with Gasteiger partial charge in [0.25, 0.3) is 10.1 Å². The van der Waals surface area contributed by atoms with Crippen LogP contribution in [0.4, 0.5) is 4.79 Å². The summed E-state index contributed by atoms with van der Waals surface area (Å²) in [5.74, 6) is 0. The van der Waals surface area contributed by atoms with E-state index in [0.717, 1.165) is 12.3 Å². The molecule has 7 nitrogen and oxygen atoms in total. The summed E-state index contributed by atoms with van der Waals surface area (Å²) < 4.78 is 38.8. The number of amides is 1. The Labute approximate surface area is 140 Å². The molecule has 23 heavy (non-hydrogen) atoms. The molecule has 0 aromatic rings. The van der Waals surface area contributed by atoms with E-state index in [2.05, 4.69) is 25.0 Å². The fourth-order valence-electron chi connectivity index (χ4n) is 2.21. The van der Waals surface area contributed by atoms with Gasteiger partial charge in [-0.25, -0.2) is 4.79 Å². The van der Waals surface area contributed by atoms with Crippen molar-refractivity contribution in [3.63, 3.8) is 0 Å². The van der Waals surface area contributed by atoms with E-state index in [1.54, 1.807) is 0 Å². The minimum Gasteiger partial charge on any atom is -0.450 e. The second-order valence-corrected chi connectivity index (χ2v) is 15.0. The molecule has 1 heterocycles. The molecule has 1 amide bonds. The van der Waals surface area contributed by atoms with Crippen LogP contribution in [0.1, 0.15) is 20.3 Å². The van der Waals surface area contributed by atoms with Crippen molar-refractivity contribution in [1.82, 2.24) is 5.32 Å². The van der Waals surface area contributed by atoms with Crippen molar-refractivity contribution < 1.29 is 26.9 Å². The van der Waals surface area contributed by atoms with Crippen LogP contribution in [0.2, 0.25) is 25.7 Å². The summed E-state index contributed by atoms with van der Waals surface area (Å²) >= 11 is 0. The highest BCUT2D eigenvalue weighted by Crippen LogP contribution is 2.27. The predicted molar refractivity (Wildman–Crippen MR) is 90.8 cm³/mol. The summed E-state index contributed by atoms with van der Waals surface area (Å²) in [4.78, 5) is 11.9. The zero-order valence-electron chi connectivity index (χ0n) is 14.8. The number of hydrogen-bond acceptors (Lipinski definition) is 6. The number of carbonyl (C=O) groups is 1. The summed E-state index contributed by atoms with van der Waals surface area (Å²) in [6.07, 6.45) is 0.121. The van der Waals surface area contributed by atoms with Crippen molar-refractivity contribution in [2.45, 2.75) is 63.7 Å². The first-order valence-corrected chi connectivity index (χ1v) is 13.3. The summed E-state index contributed by atoms with van der Waals surface area (Å²) in [5.41, 5.74) is -0.505. The van der Waals surface area contributed by atoms with Crippen LogP contribution in [0.15, 0.2) is 0 Å². The average molecular weight is 368 g/mol. The molecule has 1 saturated heterocycles. The molecule has 0 unspecified atom stereocenters. The Morgan fingerprint density at radius 1 is 1.35 bits per heavy atom. The minimum atomic E-state index is -3.62. The van der Waals surface area contributed by atoms with Gasteiger partial charge in [0, 0.05) is 14.5 Å². The first-order chi connectivity index (χ1) is 10.3. The van der Waals surface area contributed by atoms with Gasteiger partial charge in [-0.05, 0) is 19.9 Å². The molecule has 1 fully saturated rings. The van der Waals surface area contributed by atoms with E-state index < -0.39 is 42.0 Å². The summed E-state index contributed by atoms with van der Waals surface area (Å²) in [6, 6.07) is 0.315. The molecule has 0 spiro atoms. The number of nitrogens with one attached hydrogen (secondary N) is 1. The highest BCUT2D eigenvalue weighted by Gasteiger charge is 2.39. The lowest BCUT2D eigenvalue weighted by Crippen LogP contribution is -2.55. The zero-order chi connectivity index (χ0) is 17.9. The van der Waals surface area contributed by atoms with Crippen molar-refractivity contribution in [2.75, 3.05) is 19.5 Å². The molecule has 9 heteroatoms. The first kappa shape index (κ1) is 20.4. The first-order valence-electron chi connectivity index (χ1n) is 7.73. The number of hydrogen-bond donors (Lipinski definition) is 1. The average Bonchev–Trinajstić information content (AvgIpc) is 2.28. The zero-order valence-corrected chi connectivity index (χ0v) is 16.7. The largest absolute Gasteiger partial charge is 0.450 e. The summed E-state index contributed by atoms with van der Waals surface area (Å²) in [7, 11) is -4.90. The fraction of sp³-hybridized carbons (Fsp3) is 0.929. The van der Waals surface area contributed by atoms with Gasteiger partial charge in [-0.1, -0.05) is 19.6 Å². The van der Waals surface area contributed by atoms with Crippen molar-refractivity contribution in [1.29, 1.82) is 0 Å². The molecule has 0 saturated carbocycles. The minimum absolute atomic E-state index is 0.177. The molecule has 0 aliphatic carbocycles. The molecule has 0 bridgehead atoms. The topological polar surface area (TPSA) is 90.9 Å². The normalized spacial score (nSPS) is 25.0. The van der Waals surface area contributed by atoms with E-state index in [4.69, 9.17) is 13.7 Å². The molecular weight excluding hydrogens is 338 g/mol. The van der Waals surface area contributed by atoms with Gasteiger partial charge in [-0.3, -0.25) is 4.18 Å². The van der Waals surface area contributed by atoms with Crippen LogP contribution in [-0.2, 0) is 23.8 Å². The van der Waals surface area contributed by atoms with Crippen LogP contribution in [0.25, 0.3) is 0 Å². The quantitative estimate of drug-likeness (QED) is 0.570. The number of carbonyl (C=O) groups excluding carboxylic acids is 1. The molecule has 0 aromatic carbocycles. The third-order valence-electron chi connectivity index (χ3n) is 3.48. The molecule has 1 aliphatic heterocycles. The third kappa shape index (κ3) is 8.68. The Bertz CT molecular complexity index is 514. The maximum atomic E-state index is 11.9. The molecule has 2 atom stereocenters. The van der Waals surface area contributed by atoms with Gasteiger partial charge in [0.2, 0.25) is 0 Å². The molecule has 0 aromatic heterocycles. The van der Waals surface area contributed by atoms with Gasteiger partial charge in [0.05, 0.1) is 31.1 Å². The molecule has 1 N–H and O–H groups in total. The van der Waals surface area contributed by atoms with Crippen LogP contribution in [-0.4, -0.2) is 59.8 Å². The van der Waals surface area contributed by atoms with Gasteiger partial charge in [-0.2, -0.15) is 8.42 Å². The van der Waals surface area contributed by atoms with Crippen LogP contribution >= 0.6 is 0 Å². The van der Waals surface area contributed by atoms with Crippen LogP contribution in [0.3, 0.4) is 0 Å². The lowest BCUT2D eigenvalue weighted by Gasteiger charge is -2.39. The standard InChI is InChI=1S/C14H29NO6SSi/c1-14(2)9-12(21-22(3,17)18)11(10-20-14)15-13(16)19-7-8-23(4,5)6/h11-12H,7-10H2,1-6H3,(H,15,16)/t11-,12-/m0/s1. The van der Waals surface area contributed by atoms with E-state index in [0.29, 0.717) is 13.0 Å². The highest BCUT2D eigenvalue weighted by molar-refractivity contribution is 7.86. The second kappa shape index (κ2) is 7.50. The number of rotatable bonds is 6. The van der Waals surface area contributed by atoms with E-state index in [1.165, 1.54) is 0 Å². The smallest absolute Gasteiger partial charge is 0.407 e. The van der Waals surface area contributed by atoms with Crippen molar-refractivity contribution >= 4 is 24.3 Å². The summed E-state index contributed by atoms with van der Waals surface area (Å²) in [5, 5.41) is 2.66. The summed E-state index contributed by atoms with van der Waals surface area (Å²) in [6.45, 7) is 10.8. The van der Waals surface area contributed by atoms with Crippen LogP contribution in [0, 0.1) is 0 Å². The Kier molecular flexibility index (Phi) is 6.65. The Hall–Kier alpha value is -0.643. The van der Waals surface area contributed by atoms with Gasteiger partial charge >= 0.3 is 6.09 Å². The Morgan fingerprint density at radius 2 is 1.96 bits per heavy atom. The maximum Gasteiger partial charge on any atom is 0.407 e. The predicted octanol–water partition coefficient (Wildman–Crippen LogP) is 1.96. The SMILES string of the molecule is CC1(C)C[C@H](OS(C)(=O)=O)[C@@H](NC(=O)OCC[Si](C)(C)C)CO1. The van der Waals surface area contributed by atoms with Gasteiger partial charge in [0.1, 0.15) is 6.10 Å². The van der Waals surface area contributed by atoms with E-state index in [1.807, 2.05) is 13.8 Å². The monoisotopic (exact) mass is 367 g/mol. The second-order valence-electron chi connectivity index (χ2n) is 7.81. The number of ether oxygens (including phenoxy) is 2. The van der Waals surface area contributed by atoms with E-state index in [-0.39, 0.29) is 6.61 Å². The molecular formula is C14H29NO6SSi. The number of alkyl carbamates (subject to hydrolysis) is 1. The Balaban J connectivity index is 2.59. The lowest BCUT2D eigenvalue weighted by molar-refractivity contribution is -0.104. The van der Waals surface area contributed by atoms with E-state index in [9.17, 15) is 13.2 Å². The van der Waals surface area contributed by atoms with Gasteiger partial charge in [0.15, 0.2) is 0 Å². The highest BCUT2D eigenvalue weighted by atomic mass is 32.2. The van der Waals surface area contributed by atoms with Crippen molar-refractivity contribution in [3.05, 3.63) is 0 Å². The third-order valence-corrected chi connectivity index (χ3v) is 5.78. The molecule has 0 radical (unpaired) electrons. The fourth-order valence-corrected chi connectivity index (χ4v) is 3.58. The molecule has 136 valence electrons. The lowest BCUT2D eigenvalue weighted by atomic mass is 9.93. The maximum absolute atomic E-state index is 11.9. The molecule has 1 aliphatic rings. The van der Waals surface area contributed by atoms with Crippen molar-refractivity contribution in [3.8, 4) is 0 Å².